The molecule has 1 aromatic carbocycles. The lowest BCUT2D eigenvalue weighted by Gasteiger charge is -2.19. The van der Waals surface area contributed by atoms with Gasteiger partial charge < -0.3 is 10.6 Å². The molecule has 0 saturated carbocycles. The topological polar surface area (TPSA) is 89.5 Å². The quantitative estimate of drug-likeness (QED) is 0.607. The molecule has 2 rings (SSSR count). The van der Waals surface area contributed by atoms with Gasteiger partial charge in [0.1, 0.15) is 0 Å². The first-order valence-electron chi connectivity index (χ1n) is 5.35. The molecule has 6 nitrogen and oxygen atoms in total. The van der Waals surface area contributed by atoms with Crippen LogP contribution in [0.4, 0.5) is 11.4 Å². The standard InChI is InChI=1S/C11H13N3O3/c1-7(12)11(15)13-6-5-8-9(13)3-2-4-10(8)14(16)17/h2-4,7H,5-6,12H2,1H3/t7-/m0/s1. The van der Waals surface area contributed by atoms with Crippen molar-refractivity contribution >= 4 is 17.3 Å². The van der Waals surface area contributed by atoms with Crippen molar-refractivity contribution in [3.8, 4) is 0 Å². The van der Waals surface area contributed by atoms with E-state index in [4.69, 9.17) is 5.73 Å². The number of nitrogens with zero attached hydrogens (tertiary/aromatic N) is 2. The van der Waals surface area contributed by atoms with Crippen LogP contribution in [0.25, 0.3) is 0 Å². The van der Waals surface area contributed by atoms with E-state index in [1.807, 2.05) is 0 Å². The number of hydrogen-bond donors (Lipinski definition) is 1. The number of carbonyl (C=O) groups excluding carboxylic acids is 1. The molecule has 0 spiro atoms. The first-order chi connectivity index (χ1) is 8.02. The number of fused-ring (bicyclic) bond motifs is 1. The third-order valence-corrected chi connectivity index (χ3v) is 2.86. The van der Waals surface area contributed by atoms with Crippen molar-refractivity contribution in [2.24, 2.45) is 5.73 Å². The molecule has 0 aromatic heterocycles. The van der Waals surface area contributed by atoms with Crippen molar-refractivity contribution in [3.63, 3.8) is 0 Å². The Hall–Kier alpha value is -1.95. The van der Waals surface area contributed by atoms with Gasteiger partial charge in [-0.1, -0.05) is 6.07 Å². The Bertz CT molecular complexity index is 485. The lowest BCUT2D eigenvalue weighted by atomic mass is 10.1. The second kappa shape index (κ2) is 4.14. The van der Waals surface area contributed by atoms with E-state index in [0.717, 1.165) is 0 Å². The Morgan fingerprint density at radius 1 is 1.59 bits per heavy atom. The summed E-state index contributed by atoms with van der Waals surface area (Å²) >= 11 is 0. The van der Waals surface area contributed by atoms with Crippen molar-refractivity contribution in [2.75, 3.05) is 11.4 Å². The summed E-state index contributed by atoms with van der Waals surface area (Å²) in [6.07, 6.45) is 0.505. The number of anilines is 1. The fourth-order valence-corrected chi connectivity index (χ4v) is 2.06. The number of nitrogens with two attached hydrogens (primary N) is 1. The van der Waals surface area contributed by atoms with Gasteiger partial charge in [-0.25, -0.2) is 0 Å². The Morgan fingerprint density at radius 3 is 2.88 bits per heavy atom. The normalized spacial score (nSPS) is 15.5. The smallest absolute Gasteiger partial charge is 0.274 e. The lowest BCUT2D eigenvalue weighted by Crippen LogP contribution is -2.41. The number of rotatable bonds is 2. The van der Waals surface area contributed by atoms with Crippen LogP contribution >= 0.6 is 0 Å². The summed E-state index contributed by atoms with van der Waals surface area (Å²) in [5, 5.41) is 10.8. The summed E-state index contributed by atoms with van der Waals surface area (Å²) in [5.74, 6) is -0.204. The number of nitro benzene ring substituents is 1. The molecule has 17 heavy (non-hydrogen) atoms. The van der Waals surface area contributed by atoms with Gasteiger partial charge in [-0.05, 0) is 19.4 Å². The Kier molecular flexibility index (Phi) is 2.81. The summed E-state index contributed by atoms with van der Waals surface area (Å²) in [6, 6.07) is 4.16. The number of benzene rings is 1. The highest BCUT2D eigenvalue weighted by Crippen LogP contribution is 2.34. The molecule has 0 fully saturated rings. The Balaban J connectivity index is 2.43. The average molecular weight is 235 g/mol. The first-order valence-corrected chi connectivity index (χ1v) is 5.35. The Morgan fingerprint density at radius 2 is 2.29 bits per heavy atom. The minimum absolute atomic E-state index is 0.0717. The van der Waals surface area contributed by atoms with E-state index in [1.54, 1.807) is 19.1 Å². The van der Waals surface area contributed by atoms with E-state index in [-0.39, 0.29) is 11.6 Å². The van der Waals surface area contributed by atoms with Gasteiger partial charge in [-0.3, -0.25) is 14.9 Å². The van der Waals surface area contributed by atoms with E-state index in [0.29, 0.717) is 24.2 Å². The maximum absolute atomic E-state index is 11.8. The van der Waals surface area contributed by atoms with E-state index < -0.39 is 11.0 Å². The molecule has 0 radical (unpaired) electrons. The lowest BCUT2D eigenvalue weighted by molar-refractivity contribution is -0.385. The van der Waals surface area contributed by atoms with Gasteiger partial charge >= 0.3 is 0 Å². The van der Waals surface area contributed by atoms with Gasteiger partial charge in [0.2, 0.25) is 5.91 Å². The predicted molar refractivity (Wildman–Crippen MR) is 62.8 cm³/mol. The first kappa shape index (κ1) is 11.5. The molecule has 1 atom stereocenters. The van der Waals surface area contributed by atoms with E-state index in [1.165, 1.54) is 11.0 Å². The summed E-state index contributed by atoms with van der Waals surface area (Å²) in [4.78, 5) is 23.8. The monoisotopic (exact) mass is 235 g/mol. The SMILES string of the molecule is C[C@H](N)C(=O)N1CCc2c1cccc2[N+](=O)[O-]. The number of hydrogen-bond acceptors (Lipinski definition) is 4. The van der Waals surface area contributed by atoms with Crippen molar-refractivity contribution in [3.05, 3.63) is 33.9 Å². The van der Waals surface area contributed by atoms with Crippen LogP contribution in [0.15, 0.2) is 18.2 Å². The molecule has 2 N–H and O–H groups in total. The molecule has 0 unspecified atom stereocenters. The van der Waals surface area contributed by atoms with E-state index in [9.17, 15) is 14.9 Å². The zero-order valence-electron chi connectivity index (χ0n) is 9.42. The largest absolute Gasteiger partial charge is 0.320 e. The number of amides is 1. The van der Waals surface area contributed by atoms with Crippen molar-refractivity contribution in [1.29, 1.82) is 0 Å². The van der Waals surface area contributed by atoms with Crippen molar-refractivity contribution in [1.82, 2.24) is 0 Å². The van der Waals surface area contributed by atoms with Crippen LogP contribution in [0.1, 0.15) is 12.5 Å². The molecule has 1 aromatic rings. The summed E-state index contributed by atoms with van der Waals surface area (Å²) in [6.45, 7) is 2.07. The summed E-state index contributed by atoms with van der Waals surface area (Å²) in [5.41, 5.74) is 6.85. The van der Waals surface area contributed by atoms with Gasteiger partial charge in [0.15, 0.2) is 0 Å². The van der Waals surface area contributed by atoms with Crippen molar-refractivity contribution < 1.29 is 9.72 Å². The van der Waals surface area contributed by atoms with Gasteiger partial charge in [-0.15, -0.1) is 0 Å². The van der Waals surface area contributed by atoms with Crippen LogP contribution in [0.2, 0.25) is 0 Å². The highest BCUT2D eigenvalue weighted by Gasteiger charge is 2.31. The van der Waals surface area contributed by atoms with Gasteiger partial charge in [0.25, 0.3) is 5.69 Å². The van der Waals surface area contributed by atoms with E-state index >= 15 is 0 Å². The van der Waals surface area contributed by atoms with Crippen LogP contribution in [-0.2, 0) is 11.2 Å². The van der Waals surface area contributed by atoms with Crippen LogP contribution in [-0.4, -0.2) is 23.4 Å². The molecular weight excluding hydrogens is 222 g/mol. The molecule has 1 amide bonds. The summed E-state index contributed by atoms with van der Waals surface area (Å²) < 4.78 is 0. The van der Waals surface area contributed by atoms with Crippen LogP contribution in [0.5, 0.6) is 0 Å². The molecule has 1 heterocycles. The molecule has 0 bridgehead atoms. The number of nitro groups is 1. The van der Waals surface area contributed by atoms with Crippen LogP contribution in [0.3, 0.4) is 0 Å². The van der Waals surface area contributed by atoms with Gasteiger partial charge in [0, 0.05) is 12.6 Å². The zero-order chi connectivity index (χ0) is 12.6. The molecule has 90 valence electrons. The zero-order valence-corrected chi connectivity index (χ0v) is 9.42. The van der Waals surface area contributed by atoms with Gasteiger partial charge in [0.05, 0.1) is 22.2 Å². The number of carbonyl (C=O) groups is 1. The third-order valence-electron chi connectivity index (χ3n) is 2.86. The molecular formula is C11H13N3O3. The molecule has 1 aliphatic rings. The van der Waals surface area contributed by atoms with E-state index in [2.05, 4.69) is 0 Å². The van der Waals surface area contributed by atoms with Crippen LogP contribution < -0.4 is 10.6 Å². The minimum Gasteiger partial charge on any atom is -0.320 e. The Labute approximate surface area is 98.2 Å². The molecule has 6 heteroatoms. The molecule has 0 saturated heterocycles. The summed E-state index contributed by atoms with van der Waals surface area (Å²) in [7, 11) is 0. The average Bonchev–Trinajstić information content (AvgIpc) is 2.70. The maximum Gasteiger partial charge on any atom is 0.274 e. The fraction of sp³-hybridized carbons (Fsp3) is 0.364. The maximum atomic E-state index is 11.8. The second-order valence-electron chi connectivity index (χ2n) is 4.06. The predicted octanol–water partition coefficient (Wildman–Crippen LogP) is 0.831. The second-order valence-corrected chi connectivity index (χ2v) is 4.06. The van der Waals surface area contributed by atoms with Gasteiger partial charge in [-0.2, -0.15) is 0 Å². The van der Waals surface area contributed by atoms with Crippen molar-refractivity contribution in [2.45, 2.75) is 19.4 Å². The minimum atomic E-state index is -0.597. The molecule has 0 aliphatic carbocycles. The third kappa shape index (κ3) is 1.87. The molecule has 1 aliphatic heterocycles. The fourth-order valence-electron chi connectivity index (χ4n) is 2.06. The highest BCUT2D eigenvalue weighted by molar-refractivity contribution is 5.99. The van der Waals surface area contributed by atoms with Crippen LogP contribution in [0, 0.1) is 10.1 Å². The highest BCUT2D eigenvalue weighted by atomic mass is 16.6.